The van der Waals surface area contributed by atoms with E-state index in [1.54, 1.807) is 10.4 Å². The molecular weight excluding hydrogens is 272 g/mol. The van der Waals surface area contributed by atoms with Crippen molar-refractivity contribution >= 4 is 25.6 Å². The molecule has 0 aliphatic heterocycles. The summed E-state index contributed by atoms with van der Waals surface area (Å²) in [5, 5.41) is 3.28. The smallest absolute Gasteiger partial charge is 0.0677 e. The fourth-order valence-electron chi connectivity index (χ4n) is 3.44. The fraction of sp³-hybridized carbons (Fsp3) is 0.333. The lowest BCUT2D eigenvalue weighted by Crippen LogP contribution is -2.71. The molecule has 0 aliphatic carbocycles. The van der Waals surface area contributed by atoms with Gasteiger partial charge in [-0.3, -0.25) is 0 Å². The lowest BCUT2D eigenvalue weighted by atomic mass is 10.4. The molecule has 2 rings (SSSR count). The molecule has 0 bridgehead atoms. The minimum absolute atomic E-state index is 1.34. The molecule has 0 heterocycles. The van der Waals surface area contributed by atoms with Gasteiger partial charge in [0.05, 0.1) is 15.2 Å². The van der Waals surface area contributed by atoms with E-state index in [0.717, 1.165) is 0 Å². The van der Waals surface area contributed by atoms with E-state index >= 15 is 0 Å². The van der Waals surface area contributed by atoms with Gasteiger partial charge in [-0.05, 0) is 0 Å². The van der Waals surface area contributed by atoms with Crippen LogP contribution in [0.25, 0.3) is 0 Å². The molecule has 2 atom stereocenters. The van der Waals surface area contributed by atoms with Crippen molar-refractivity contribution < 1.29 is 0 Å². The number of benzene rings is 2. The first-order valence-electron chi connectivity index (χ1n) is 7.69. The molecule has 0 radical (unpaired) electrons. The first-order chi connectivity index (χ1) is 9.58. The highest BCUT2D eigenvalue weighted by Gasteiger charge is 2.47. The third kappa shape index (κ3) is 2.42. The van der Waals surface area contributed by atoms with E-state index in [1.165, 1.54) is 12.1 Å². The standard InChI is InChI=1S/C18H26Si2/c1-5-19(3,17-13-9-7-10-14-17)20(4,6-2)18-15-11-8-12-16-18/h7-16H,5-6H2,1-4H3/t19-,20-/m0/s1. The average Bonchev–Trinajstić information content (AvgIpc) is 2.54. The SMILES string of the molecule is CC[Si@@](C)(c1ccccc1)[Si@@](C)(CC)c1ccccc1. The Morgan fingerprint density at radius 3 is 1.15 bits per heavy atom. The molecule has 0 fully saturated rings. The van der Waals surface area contributed by atoms with Crippen LogP contribution in [0, 0.1) is 0 Å². The van der Waals surface area contributed by atoms with Crippen LogP contribution in [0.5, 0.6) is 0 Å². The van der Waals surface area contributed by atoms with Crippen LogP contribution in [0.3, 0.4) is 0 Å². The van der Waals surface area contributed by atoms with Crippen molar-refractivity contribution in [2.45, 2.75) is 39.0 Å². The fourth-order valence-corrected chi connectivity index (χ4v) is 18.5. The zero-order valence-corrected chi connectivity index (χ0v) is 15.2. The van der Waals surface area contributed by atoms with Crippen LogP contribution in [-0.2, 0) is 0 Å². The van der Waals surface area contributed by atoms with Gasteiger partial charge in [0.1, 0.15) is 0 Å². The summed E-state index contributed by atoms with van der Waals surface area (Å²) in [6.07, 6.45) is 0. The van der Waals surface area contributed by atoms with Gasteiger partial charge in [-0.15, -0.1) is 0 Å². The second-order valence-electron chi connectivity index (χ2n) is 6.10. The monoisotopic (exact) mass is 298 g/mol. The van der Waals surface area contributed by atoms with Crippen molar-refractivity contribution in [2.75, 3.05) is 0 Å². The summed E-state index contributed by atoms with van der Waals surface area (Å²) in [5.41, 5.74) is 0. The van der Waals surface area contributed by atoms with Crippen LogP contribution in [0.2, 0.25) is 25.2 Å². The number of hydrogen-bond donors (Lipinski definition) is 0. The molecule has 20 heavy (non-hydrogen) atoms. The van der Waals surface area contributed by atoms with Gasteiger partial charge in [0.15, 0.2) is 0 Å². The minimum Gasteiger partial charge on any atom is -0.0677 e. The van der Waals surface area contributed by atoms with Crippen molar-refractivity contribution in [3.63, 3.8) is 0 Å². The Hall–Kier alpha value is -1.13. The predicted octanol–water partition coefficient (Wildman–Crippen LogP) is 4.08. The molecule has 0 amide bonds. The summed E-state index contributed by atoms with van der Waals surface area (Å²) in [7, 11) is -2.91. The highest BCUT2D eigenvalue weighted by molar-refractivity contribution is 7.50. The Kier molecular flexibility index (Phi) is 4.66. The highest BCUT2D eigenvalue weighted by atomic mass is 29.3. The summed E-state index contributed by atoms with van der Waals surface area (Å²) in [4.78, 5) is 0. The largest absolute Gasteiger partial charge is 0.0821 e. The molecule has 2 aromatic carbocycles. The molecule has 0 aliphatic rings. The third-order valence-electron chi connectivity index (χ3n) is 5.45. The molecule has 2 aromatic rings. The van der Waals surface area contributed by atoms with Gasteiger partial charge in [-0.2, -0.15) is 0 Å². The van der Waals surface area contributed by atoms with Crippen LogP contribution in [-0.4, -0.2) is 15.2 Å². The maximum atomic E-state index is 2.62. The summed E-state index contributed by atoms with van der Waals surface area (Å²) in [6.45, 7) is 10.0. The number of hydrogen-bond acceptors (Lipinski definition) is 0. The first kappa shape index (κ1) is 15.3. The van der Waals surface area contributed by atoms with Crippen LogP contribution in [0.4, 0.5) is 0 Å². The molecule has 0 saturated heterocycles. The van der Waals surface area contributed by atoms with E-state index < -0.39 is 15.2 Å². The molecule has 0 saturated carbocycles. The van der Waals surface area contributed by atoms with Crippen molar-refractivity contribution in [3.8, 4) is 0 Å². The van der Waals surface area contributed by atoms with E-state index in [9.17, 15) is 0 Å². The Labute approximate surface area is 125 Å². The topological polar surface area (TPSA) is 0 Å². The molecule has 0 N–H and O–H groups in total. The van der Waals surface area contributed by atoms with E-state index in [-0.39, 0.29) is 0 Å². The molecule has 0 nitrogen and oxygen atoms in total. The van der Waals surface area contributed by atoms with Crippen LogP contribution < -0.4 is 10.4 Å². The average molecular weight is 299 g/mol. The van der Waals surface area contributed by atoms with Gasteiger partial charge < -0.3 is 0 Å². The summed E-state index contributed by atoms with van der Waals surface area (Å²) >= 11 is 0. The van der Waals surface area contributed by atoms with Crippen molar-refractivity contribution in [3.05, 3.63) is 60.7 Å². The van der Waals surface area contributed by atoms with E-state index in [0.29, 0.717) is 0 Å². The molecule has 0 aromatic heterocycles. The Morgan fingerprint density at radius 2 is 0.900 bits per heavy atom. The van der Waals surface area contributed by atoms with Gasteiger partial charge in [-0.25, -0.2) is 0 Å². The maximum absolute atomic E-state index is 2.62. The second kappa shape index (κ2) is 6.10. The molecular formula is C18H26Si2. The van der Waals surface area contributed by atoms with Gasteiger partial charge in [0, 0.05) is 0 Å². The second-order valence-corrected chi connectivity index (χ2v) is 20.6. The van der Waals surface area contributed by atoms with Crippen LogP contribution in [0.15, 0.2) is 60.7 Å². The Balaban J connectivity index is 2.58. The normalized spacial score (nSPS) is 17.2. The lowest BCUT2D eigenvalue weighted by molar-refractivity contribution is 1.35. The summed E-state index contributed by atoms with van der Waals surface area (Å²) < 4.78 is 0. The molecule has 106 valence electrons. The van der Waals surface area contributed by atoms with Gasteiger partial charge >= 0.3 is 0 Å². The Morgan fingerprint density at radius 1 is 0.600 bits per heavy atom. The first-order valence-corrected chi connectivity index (χ1v) is 14.1. The van der Waals surface area contributed by atoms with Gasteiger partial charge in [0.25, 0.3) is 0 Å². The van der Waals surface area contributed by atoms with Crippen molar-refractivity contribution in [2.24, 2.45) is 0 Å². The van der Waals surface area contributed by atoms with E-state index in [2.05, 4.69) is 87.6 Å². The lowest BCUT2D eigenvalue weighted by Gasteiger charge is -2.43. The zero-order chi connectivity index (χ0) is 14.6. The highest BCUT2D eigenvalue weighted by Crippen LogP contribution is 2.26. The molecule has 0 unspecified atom stereocenters. The Bertz CT molecular complexity index is 486. The van der Waals surface area contributed by atoms with Crippen molar-refractivity contribution in [1.82, 2.24) is 0 Å². The maximum Gasteiger partial charge on any atom is 0.0821 e. The van der Waals surface area contributed by atoms with Crippen LogP contribution >= 0.6 is 0 Å². The van der Waals surface area contributed by atoms with E-state index in [4.69, 9.17) is 0 Å². The van der Waals surface area contributed by atoms with Gasteiger partial charge in [0.2, 0.25) is 0 Å². The predicted molar refractivity (Wildman–Crippen MR) is 96.4 cm³/mol. The third-order valence-corrected chi connectivity index (χ3v) is 25.1. The minimum atomic E-state index is -1.46. The summed E-state index contributed by atoms with van der Waals surface area (Å²) in [5.74, 6) is 0. The number of rotatable bonds is 5. The summed E-state index contributed by atoms with van der Waals surface area (Å²) in [6, 6.07) is 25.3. The van der Waals surface area contributed by atoms with Crippen LogP contribution in [0.1, 0.15) is 13.8 Å². The van der Waals surface area contributed by atoms with Crippen molar-refractivity contribution in [1.29, 1.82) is 0 Å². The van der Waals surface area contributed by atoms with Gasteiger partial charge in [-0.1, -0.05) is 110 Å². The quantitative estimate of drug-likeness (QED) is 0.730. The molecule has 0 spiro atoms. The zero-order valence-electron chi connectivity index (χ0n) is 13.2. The molecule has 2 heteroatoms. The van der Waals surface area contributed by atoms with E-state index in [1.807, 2.05) is 0 Å².